The zero-order valence-electron chi connectivity index (χ0n) is 18.9. The molecule has 0 bridgehead atoms. The van der Waals surface area contributed by atoms with Gasteiger partial charge >= 0.3 is 0 Å². The van der Waals surface area contributed by atoms with Gasteiger partial charge in [-0.15, -0.1) is 10.2 Å². The molecule has 10 nitrogen and oxygen atoms in total. The molecule has 33 heavy (non-hydrogen) atoms. The summed E-state index contributed by atoms with van der Waals surface area (Å²) in [5.74, 6) is -0.477. The summed E-state index contributed by atoms with van der Waals surface area (Å²) in [4.78, 5) is 39.7. The van der Waals surface area contributed by atoms with Crippen LogP contribution >= 0.6 is 11.6 Å². The Balaban J connectivity index is 1.55. The first-order chi connectivity index (χ1) is 15.7. The summed E-state index contributed by atoms with van der Waals surface area (Å²) in [6.07, 6.45) is 4.34. The summed E-state index contributed by atoms with van der Waals surface area (Å²) in [6.45, 7) is 6.57. The Labute approximate surface area is 197 Å². The monoisotopic (exact) mass is 473 g/mol. The lowest BCUT2D eigenvalue weighted by Crippen LogP contribution is -2.48. The number of piperidine rings is 1. The third-order valence-corrected chi connectivity index (χ3v) is 5.62. The highest BCUT2D eigenvalue weighted by atomic mass is 35.5. The Bertz CT molecular complexity index is 1040. The first kappa shape index (κ1) is 24.4. The van der Waals surface area contributed by atoms with Crippen LogP contribution in [0.4, 0.5) is 0 Å². The molecule has 2 N–H and O–H groups in total. The van der Waals surface area contributed by atoms with Crippen molar-refractivity contribution >= 4 is 35.4 Å². The fraction of sp³-hybridized carbons (Fsp3) is 0.455. The van der Waals surface area contributed by atoms with Gasteiger partial charge < -0.3 is 4.90 Å². The summed E-state index contributed by atoms with van der Waals surface area (Å²) in [7, 11) is 0. The van der Waals surface area contributed by atoms with Gasteiger partial charge in [-0.2, -0.15) is 4.80 Å². The fourth-order valence-corrected chi connectivity index (χ4v) is 3.61. The average molecular weight is 474 g/mol. The summed E-state index contributed by atoms with van der Waals surface area (Å²) in [5.41, 5.74) is 6.59. The quantitative estimate of drug-likeness (QED) is 0.486. The van der Waals surface area contributed by atoms with Crippen molar-refractivity contribution in [1.29, 1.82) is 0 Å². The highest BCUT2D eigenvalue weighted by molar-refractivity contribution is 6.30. The number of carbonyl (C=O) groups excluding carboxylic acids is 3. The maximum absolute atomic E-state index is 12.7. The number of hydrogen-bond acceptors (Lipinski definition) is 6. The number of rotatable bonds is 6. The number of nitrogens with one attached hydrogen (secondary N) is 2. The lowest BCUT2D eigenvalue weighted by atomic mass is 9.96. The van der Waals surface area contributed by atoms with Gasteiger partial charge in [0.2, 0.25) is 17.7 Å². The Hall–Kier alpha value is -3.27. The molecule has 1 aromatic heterocycles. The largest absolute Gasteiger partial charge is 0.339 e. The van der Waals surface area contributed by atoms with Crippen LogP contribution in [0.2, 0.25) is 5.02 Å². The smallest absolute Gasteiger partial charge is 0.246 e. The fourth-order valence-electron chi connectivity index (χ4n) is 3.41. The molecule has 3 rings (SSSR count). The van der Waals surface area contributed by atoms with Gasteiger partial charge in [-0.25, -0.2) is 0 Å². The number of halogens is 1. The minimum atomic E-state index is -0.244. The average Bonchev–Trinajstić information content (AvgIpc) is 3.20. The van der Waals surface area contributed by atoms with Gasteiger partial charge in [0.15, 0.2) is 5.82 Å². The van der Waals surface area contributed by atoms with E-state index in [-0.39, 0.29) is 29.6 Å². The number of aryl methyl sites for hydroxylation is 1. The van der Waals surface area contributed by atoms with Gasteiger partial charge in [-0.3, -0.25) is 25.2 Å². The SMILES string of the molecule is Cc1nnn(Cc2cc(Cl)ccc2C=CC(=O)N2CCC(C(=O)NNC(=O)C(C)C)CC2)n1. The molecule has 1 saturated heterocycles. The number of aromatic nitrogens is 4. The van der Waals surface area contributed by atoms with Gasteiger partial charge in [0, 0.05) is 36.0 Å². The van der Waals surface area contributed by atoms with Crippen molar-refractivity contribution in [1.82, 2.24) is 36.0 Å². The van der Waals surface area contributed by atoms with Crippen LogP contribution in [0.5, 0.6) is 0 Å². The molecule has 0 saturated carbocycles. The molecule has 0 spiro atoms. The van der Waals surface area contributed by atoms with Crippen LogP contribution < -0.4 is 10.9 Å². The second-order valence-electron chi connectivity index (χ2n) is 8.28. The Morgan fingerprint density at radius 2 is 1.94 bits per heavy atom. The molecule has 1 fully saturated rings. The van der Waals surface area contributed by atoms with Gasteiger partial charge in [0.1, 0.15) is 0 Å². The van der Waals surface area contributed by atoms with Gasteiger partial charge in [-0.05, 0) is 54.3 Å². The van der Waals surface area contributed by atoms with Gasteiger partial charge in [0.05, 0.1) is 6.54 Å². The molecule has 1 aliphatic rings. The van der Waals surface area contributed by atoms with E-state index in [1.807, 2.05) is 12.1 Å². The highest BCUT2D eigenvalue weighted by Crippen LogP contribution is 2.20. The van der Waals surface area contributed by atoms with E-state index >= 15 is 0 Å². The van der Waals surface area contributed by atoms with E-state index in [0.29, 0.717) is 43.3 Å². The van der Waals surface area contributed by atoms with Crippen molar-refractivity contribution in [3.63, 3.8) is 0 Å². The van der Waals surface area contributed by atoms with E-state index in [9.17, 15) is 14.4 Å². The summed E-state index contributed by atoms with van der Waals surface area (Å²) in [5, 5.41) is 12.6. The number of likely N-dealkylation sites (tertiary alicyclic amines) is 1. The molecule has 1 aliphatic heterocycles. The second-order valence-corrected chi connectivity index (χ2v) is 8.71. The van der Waals surface area contributed by atoms with E-state index in [2.05, 4.69) is 26.3 Å². The van der Waals surface area contributed by atoms with Gasteiger partial charge in [-0.1, -0.05) is 31.5 Å². The normalized spacial score (nSPS) is 14.6. The number of amides is 3. The number of hydrogen-bond donors (Lipinski definition) is 2. The van der Waals surface area contributed by atoms with E-state index in [1.54, 1.807) is 37.8 Å². The molecule has 0 aliphatic carbocycles. The van der Waals surface area contributed by atoms with Crippen molar-refractivity contribution < 1.29 is 14.4 Å². The standard InChI is InChI=1S/C22H28ClN7O3/c1-14(2)21(32)25-26-22(33)17-8-10-29(11-9-17)20(31)7-5-16-4-6-19(23)12-18(16)13-30-27-15(3)24-28-30/h4-7,12,14,17H,8-11,13H2,1-3H3,(H,25,32)(H,26,33). The predicted octanol–water partition coefficient (Wildman–Crippen LogP) is 1.74. The lowest BCUT2D eigenvalue weighted by Gasteiger charge is -2.30. The lowest BCUT2D eigenvalue weighted by molar-refractivity contribution is -0.135. The first-order valence-corrected chi connectivity index (χ1v) is 11.2. The van der Waals surface area contributed by atoms with Crippen LogP contribution in [0.1, 0.15) is 43.6 Å². The van der Waals surface area contributed by atoms with Crippen molar-refractivity contribution in [2.75, 3.05) is 13.1 Å². The minimum absolute atomic E-state index is 0.127. The molecule has 0 unspecified atom stereocenters. The minimum Gasteiger partial charge on any atom is -0.339 e. The summed E-state index contributed by atoms with van der Waals surface area (Å²) in [6, 6.07) is 5.41. The molecule has 3 amide bonds. The summed E-state index contributed by atoms with van der Waals surface area (Å²) < 4.78 is 0. The molecule has 0 atom stereocenters. The molecular formula is C22H28ClN7O3. The maximum Gasteiger partial charge on any atom is 0.246 e. The topological polar surface area (TPSA) is 122 Å². The third kappa shape index (κ3) is 6.85. The Morgan fingerprint density at radius 3 is 2.58 bits per heavy atom. The van der Waals surface area contributed by atoms with Crippen molar-refractivity contribution in [2.45, 2.75) is 40.2 Å². The van der Waals surface area contributed by atoms with Crippen molar-refractivity contribution in [2.24, 2.45) is 11.8 Å². The Morgan fingerprint density at radius 1 is 1.21 bits per heavy atom. The van der Waals surface area contributed by atoms with E-state index in [0.717, 1.165) is 11.1 Å². The van der Waals surface area contributed by atoms with Crippen molar-refractivity contribution in [3.05, 3.63) is 46.2 Å². The van der Waals surface area contributed by atoms with E-state index in [1.165, 1.54) is 10.9 Å². The zero-order valence-corrected chi connectivity index (χ0v) is 19.7. The Kier molecular flexibility index (Phi) is 8.16. The van der Waals surface area contributed by atoms with Gasteiger partial charge in [0.25, 0.3) is 0 Å². The number of nitrogens with zero attached hydrogens (tertiary/aromatic N) is 5. The molecule has 1 aromatic carbocycles. The first-order valence-electron chi connectivity index (χ1n) is 10.8. The number of benzene rings is 1. The molecular weight excluding hydrogens is 446 g/mol. The predicted molar refractivity (Wildman–Crippen MR) is 123 cm³/mol. The van der Waals surface area contributed by atoms with Crippen LogP contribution in [0, 0.1) is 18.8 Å². The molecule has 11 heteroatoms. The number of hydrazine groups is 1. The molecule has 0 radical (unpaired) electrons. The molecule has 176 valence electrons. The number of tetrazole rings is 1. The van der Waals surface area contributed by atoms with Crippen LogP contribution in [0.25, 0.3) is 6.08 Å². The highest BCUT2D eigenvalue weighted by Gasteiger charge is 2.27. The molecule has 2 heterocycles. The second kappa shape index (κ2) is 11.0. The maximum atomic E-state index is 12.7. The van der Waals surface area contributed by atoms with Crippen molar-refractivity contribution in [3.8, 4) is 0 Å². The van der Waals surface area contributed by atoms with Crippen LogP contribution in [-0.2, 0) is 20.9 Å². The number of carbonyl (C=O) groups is 3. The van der Waals surface area contributed by atoms with E-state index in [4.69, 9.17) is 11.6 Å². The third-order valence-electron chi connectivity index (χ3n) is 5.39. The van der Waals surface area contributed by atoms with Crippen LogP contribution in [-0.4, -0.2) is 55.9 Å². The molecule has 2 aromatic rings. The zero-order chi connectivity index (χ0) is 24.0. The van der Waals surface area contributed by atoms with E-state index < -0.39 is 0 Å². The van der Waals surface area contributed by atoms with Crippen LogP contribution in [0.15, 0.2) is 24.3 Å². The summed E-state index contributed by atoms with van der Waals surface area (Å²) >= 11 is 6.15. The van der Waals surface area contributed by atoms with Crippen LogP contribution in [0.3, 0.4) is 0 Å².